The molecular weight excluding hydrogens is 231 g/mol. The van der Waals surface area contributed by atoms with Gasteiger partial charge in [-0.25, -0.2) is 0 Å². The molecule has 1 saturated heterocycles. The van der Waals surface area contributed by atoms with Crippen molar-refractivity contribution >= 4 is 22.6 Å². The van der Waals surface area contributed by atoms with E-state index in [4.69, 9.17) is 9.84 Å². The van der Waals surface area contributed by atoms with Crippen molar-refractivity contribution < 1.29 is 9.84 Å². The van der Waals surface area contributed by atoms with E-state index < -0.39 is 0 Å². The summed E-state index contributed by atoms with van der Waals surface area (Å²) in [5, 5.41) is 8.68. The molecule has 0 amide bonds. The SMILES string of the molecule is OC[C@@H]1C[C@@H](I)CCO1. The molecule has 0 aliphatic carbocycles. The van der Waals surface area contributed by atoms with E-state index in [1.165, 1.54) is 0 Å². The van der Waals surface area contributed by atoms with Gasteiger partial charge < -0.3 is 9.84 Å². The zero-order valence-electron chi connectivity index (χ0n) is 5.22. The predicted octanol–water partition coefficient (Wildman–Crippen LogP) is 0.961. The minimum Gasteiger partial charge on any atom is -0.394 e. The Morgan fingerprint density at radius 2 is 2.44 bits per heavy atom. The van der Waals surface area contributed by atoms with Crippen molar-refractivity contribution in [2.45, 2.75) is 22.9 Å². The van der Waals surface area contributed by atoms with Crippen molar-refractivity contribution in [3.63, 3.8) is 0 Å². The summed E-state index contributed by atoms with van der Waals surface area (Å²) in [6.07, 6.45) is 2.26. The molecule has 0 aromatic rings. The Morgan fingerprint density at radius 1 is 1.67 bits per heavy atom. The summed E-state index contributed by atoms with van der Waals surface area (Å²) in [6, 6.07) is 0. The number of aliphatic hydroxyl groups is 1. The number of aliphatic hydroxyl groups excluding tert-OH is 1. The molecule has 0 aromatic heterocycles. The van der Waals surface area contributed by atoms with Gasteiger partial charge in [0.2, 0.25) is 0 Å². The second kappa shape index (κ2) is 3.73. The Kier molecular flexibility index (Phi) is 3.21. The van der Waals surface area contributed by atoms with Crippen LogP contribution in [0, 0.1) is 0 Å². The Bertz CT molecular complexity index is 87.1. The molecule has 0 spiro atoms. The molecule has 0 saturated carbocycles. The van der Waals surface area contributed by atoms with Gasteiger partial charge in [-0.1, -0.05) is 22.6 Å². The molecule has 1 heterocycles. The minimum atomic E-state index is 0.112. The lowest BCUT2D eigenvalue weighted by Gasteiger charge is -2.24. The van der Waals surface area contributed by atoms with Gasteiger partial charge in [0.25, 0.3) is 0 Å². The molecule has 3 heteroatoms. The molecule has 1 rings (SSSR count). The van der Waals surface area contributed by atoms with Crippen LogP contribution in [0.15, 0.2) is 0 Å². The molecule has 2 atom stereocenters. The fraction of sp³-hybridized carbons (Fsp3) is 1.00. The first-order valence-corrected chi connectivity index (χ1v) is 4.44. The van der Waals surface area contributed by atoms with Crippen molar-refractivity contribution in [3.8, 4) is 0 Å². The molecule has 1 N–H and O–H groups in total. The fourth-order valence-electron chi connectivity index (χ4n) is 0.961. The van der Waals surface area contributed by atoms with Gasteiger partial charge in [0.15, 0.2) is 0 Å². The molecule has 0 unspecified atom stereocenters. The minimum absolute atomic E-state index is 0.112. The molecule has 1 aliphatic heterocycles. The molecule has 0 radical (unpaired) electrons. The van der Waals surface area contributed by atoms with E-state index in [-0.39, 0.29) is 12.7 Å². The third-order valence-electron chi connectivity index (χ3n) is 1.51. The molecule has 2 nitrogen and oxygen atoms in total. The normalized spacial score (nSPS) is 36.7. The summed E-state index contributed by atoms with van der Waals surface area (Å²) in [7, 11) is 0. The smallest absolute Gasteiger partial charge is 0.0815 e. The van der Waals surface area contributed by atoms with Crippen molar-refractivity contribution in [3.05, 3.63) is 0 Å². The van der Waals surface area contributed by atoms with Crippen LogP contribution in [0.25, 0.3) is 0 Å². The van der Waals surface area contributed by atoms with Gasteiger partial charge in [-0.2, -0.15) is 0 Å². The topological polar surface area (TPSA) is 29.5 Å². The van der Waals surface area contributed by atoms with Gasteiger partial charge >= 0.3 is 0 Å². The standard InChI is InChI=1S/C6H11IO2/c7-5-1-2-9-6(3-5)4-8/h5-6,8H,1-4H2/t5-,6-/m0/s1. The average molecular weight is 242 g/mol. The zero-order chi connectivity index (χ0) is 6.69. The van der Waals surface area contributed by atoms with Crippen LogP contribution in [0.3, 0.4) is 0 Å². The van der Waals surface area contributed by atoms with Crippen LogP contribution in [-0.2, 0) is 4.74 Å². The Morgan fingerprint density at radius 3 is 2.89 bits per heavy atom. The lowest BCUT2D eigenvalue weighted by molar-refractivity contribution is -0.0131. The second-order valence-electron chi connectivity index (χ2n) is 2.30. The van der Waals surface area contributed by atoms with Crippen molar-refractivity contribution in [1.29, 1.82) is 0 Å². The summed E-state index contributed by atoms with van der Waals surface area (Å²) in [5.74, 6) is 0. The quantitative estimate of drug-likeness (QED) is 0.548. The first-order chi connectivity index (χ1) is 4.33. The molecule has 1 fully saturated rings. The average Bonchev–Trinajstić information content (AvgIpc) is 1.88. The van der Waals surface area contributed by atoms with E-state index in [9.17, 15) is 0 Å². The number of rotatable bonds is 1. The summed E-state index contributed by atoms with van der Waals surface area (Å²) in [5.41, 5.74) is 0. The van der Waals surface area contributed by atoms with E-state index in [2.05, 4.69) is 22.6 Å². The first-order valence-electron chi connectivity index (χ1n) is 3.19. The maximum absolute atomic E-state index is 8.68. The Hall–Kier alpha value is 0.650. The predicted molar refractivity (Wildman–Crippen MR) is 43.9 cm³/mol. The highest BCUT2D eigenvalue weighted by atomic mass is 127. The van der Waals surface area contributed by atoms with Crippen LogP contribution < -0.4 is 0 Å². The number of ether oxygens (including phenoxy) is 1. The van der Waals surface area contributed by atoms with E-state index in [0.717, 1.165) is 19.4 Å². The van der Waals surface area contributed by atoms with Gasteiger partial charge in [-0.15, -0.1) is 0 Å². The van der Waals surface area contributed by atoms with Gasteiger partial charge in [0.1, 0.15) is 0 Å². The van der Waals surface area contributed by atoms with E-state index in [0.29, 0.717) is 3.92 Å². The van der Waals surface area contributed by atoms with Gasteiger partial charge in [0.05, 0.1) is 12.7 Å². The highest BCUT2D eigenvalue weighted by Crippen LogP contribution is 2.20. The monoisotopic (exact) mass is 242 g/mol. The van der Waals surface area contributed by atoms with E-state index in [1.54, 1.807) is 0 Å². The molecular formula is C6H11IO2. The lowest BCUT2D eigenvalue weighted by Crippen LogP contribution is -2.28. The molecule has 0 bridgehead atoms. The van der Waals surface area contributed by atoms with Crippen LogP contribution in [0.1, 0.15) is 12.8 Å². The van der Waals surface area contributed by atoms with Gasteiger partial charge in [0, 0.05) is 10.5 Å². The summed E-state index contributed by atoms with van der Waals surface area (Å²) < 4.78 is 5.95. The molecule has 0 aromatic carbocycles. The highest BCUT2D eigenvalue weighted by Gasteiger charge is 2.18. The number of halogens is 1. The maximum Gasteiger partial charge on any atom is 0.0815 e. The van der Waals surface area contributed by atoms with Crippen LogP contribution in [0.2, 0.25) is 0 Å². The fourth-order valence-corrected chi connectivity index (χ4v) is 1.78. The summed E-state index contributed by atoms with van der Waals surface area (Å²) in [4.78, 5) is 0. The van der Waals surface area contributed by atoms with Crippen LogP contribution in [0.4, 0.5) is 0 Å². The number of alkyl halides is 1. The van der Waals surface area contributed by atoms with Crippen LogP contribution in [-0.4, -0.2) is 28.3 Å². The van der Waals surface area contributed by atoms with Crippen molar-refractivity contribution in [2.75, 3.05) is 13.2 Å². The third-order valence-corrected chi connectivity index (χ3v) is 2.64. The lowest BCUT2D eigenvalue weighted by atomic mass is 10.1. The first kappa shape index (κ1) is 7.75. The summed E-state index contributed by atoms with van der Waals surface area (Å²) in [6.45, 7) is 0.998. The van der Waals surface area contributed by atoms with Gasteiger partial charge in [-0.3, -0.25) is 0 Å². The Labute approximate surface area is 68.7 Å². The molecule has 1 aliphatic rings. The van der Waals surface area contributed by atoms with Crippen molar-refractivity contribution in [1.82, 2.24) is 0 Å². The van der Waals surface area contributed by atoms with Crippen LogP contribution in [0.5, 0.6) is 0 Å². The van der Waals surface area contributed by atoms with E-state index in [1.807, 2.05) is 0 Å². The highest BCUT2D eigenvalue weighted by molar-refractivity contribution is 14.1. The number of hydrogen-bond donors (Lipinski definition) is 1. The zero-order valence-corrected chi connectivity index (χ0v) is 7.37. The van der Waals surface area contributed by atoms with Crippen molar-refractivity contribution in [2.24, 2.45) is 0 Å². The van der Waals surface area contributed by atoms with Crippen LogP contribution >= 0.6 is 22.6 Å². The second-order valence-corrected chi connectivity index (χ2v) is 4.06. The Balaban J connectivity index is 2.23. The number of hydrogen-bond acceptors (Lipinski definition) is 2. The maximum atomic E-state index is 8.68. The summed E-state index contributed by atoms with van der Waals surface area (Å²) >= 11 is 2.40. The molecule has 9 heavy (non-hydrogen) atoms. The largest absolute Gasteiger partial charge is 0.394 e. The third kappa shape index (κ3) is 2.39. The van der Waals surface area contributed by atoms with E-state index >= 15 is 0 Å². The molecule has 54 valence electrons. The van der Waals surface area contributed by atoms with Gasteiger partial charge in [-0.05, 0) is 12.8 Å².